The van der Waals surface area contributed by atoms with Crippen molar-refractivity contribution in [2.75, 3.05) is 25.4 Å². The van der Waals surface area contributed by atoms with Crippen LogP contribution in [0.3, 0.4) is 0 Å². The molecule has 34 heavy (non-hydrogen) atoms. The Morgan fingerprint density at radius 1 is 1.29 bits per heavy atom. The number of fused-ring (bicyclic) bond motifs is 1. The van der Waals surface area contributed by atoms with Gasteiger partial charge in [0.2, 0.25) is 5.91 Å². The summed E-state index contributed by atoms with van der Waals surface area (Å²) in [6, 6.07) is 5.90. The normalized spacial score (nSPS) is 16.4. The lowest BCUT2D eigenvalue weighted by Gasteiger charge is -2.32. The number of anilines is 1. The lowest BCUT2D eigenvalue weighted by Crippen LogP contribution is -2.40. The van der Waals surface area contributed by atoms with Crippen molar-refractivity contribution < 1.29 is 22.8 Å². The maximum Gasteiger partial charge on any atom is 0.405 e. The number of rotatable bonds is 5. The minimum absolute atomic E-state index is 0.0419. The Morgan fingerprint density at radius 2 is 2.09 bits per heavy atom. The minimum Gasteiger partial charge on any atom is -0.383 e. The average Bonchev–Trinajstić information content (AvgIpc) is 3.23. The van der Waals surface area contributed by atoms with E-state index in [-0.39, 0.29) is 23.3 Å². The van der Waals surface area contributed by atoms with E-state index in [1.165, 1.54) is 24.5 Å². The SMILES string of the molecule is C=CC(=O)N1CCC[C@@H](n2nc(-c3cccc(C(=O)NCC(F)(F)F)c3)c3c(N)ncnc32)C1. The molecule has 1 aliphatic heterocycles. The third-order valence-corrected chi connectivity index (χ3v) is 5.59. The molecule has 0 spiro atoms. The van der Waals surface area contributed by atoms with Crippen LogP contribution in [-0.4, -0.2) is 62.3 Å². The van der Waals surface area contributed by atoms with Gasteiger partial charge in [0.05, 0.1) is 11.4 Å². The highest BCUT2D eigenvalue weighted by molar-refractivity contribution is 6.00. The van der Waals surface area contributed by atoms with Crippen LogP contribution in [0, 0.1) is 0 Å². The molecule has 9 nitrogen and oxygen atoms in total. The number of carbonyl (C=O) groups is 2. The fourth-order valence-corrected chi connectivity index (χ4v) is 4.03. The lowest BCUT2D eigenvalue weighted by molar-refractivity contribution is -0.127. The second-order valence-electron chi connectivity index (χ2n) is 7.91. The third kappa shape index (κ3) is 4.70. The smallest absolute Gasteiger partial charge is 0.383 e. The van der Waals surface area contributed by atoms with Gasteiger partial charge in [0.25, 0.3) is 5.91 Å². The first-order valence-electron chi connectivity index (χ1n) is 10.5. The van der Waals surface area contributed by atoms with Crippen molar-refractivity contribution in [2.45, 2.75) is 25.1 Å². The average molecular weight is 473 g/mol. The first-order chi connectivity index (χ1) is 16.2. The van der Waals surface area contributed by atoms with Gasteiger partial charge in [0.1, 0.15) is 24.4 Å². The van der Waals surface area contributed by atoms with Crippen molar-refractivity contribution in [3.8, 4) is 11.3 Å². The Kier molecular flexibility index (Phi) is 6.22. The minimum atomic E-state index is -4.52. The molecule has 1 aromatic carbocycles. The molecule has 2 amide bonds. The molecule has 178 valence electrons. The van der Waals surface area contributed by atoms with Gasteiger partial charge < -0.3 is 16.0 Å². The van der Waals surface area contributed by atoms with Crippen LogP contribution in [0.1, 0.15) is 29.2 Å². The molecule has 12 heteroatoms. The van der Waals surface area contributed by atoms with Crippen molar-refractivity contribution in [2.24, 2.45) is 0 Å². The molecule has 1 aliphatic rings. The summed E-state index contributed by atoms with van der Waals surface area (Å²) >= 11 is 0. The highest BCUT2D eigenvalue weighted by Gasteiger charge is 2.29. The van der Waals surface area contributed by atoms with Crippen molar-refractivity contribution in [3.05, 3.63) is 48.8 Å². The number of nitrogens with two attached hydrogens (primary N) is 1. The standard InChI is InChI=1S/C22H22F3N7O2/c1-2-16(33)31-8-4-7-15(10-31)32-20-17(19(26)28-12-29-20)18(30-32)13-5-3-6-14(9-13)21(34)27-11-22(23,24)25/h2-3,5-6,9,12,15H,1,4,7-8,10-11H2,(H,27,34)(H2,26,28,29)/t15-/m1/s1. The molecule has 0 radical (unpaired) electrons. The summed E-state index contributed by atoms with van der Waals surface area (Å²) in [5.41, 5.74) is 7.51. The number of halogens is 3. The molecule has 3 aromatic rings. The Balaban J connectivity index is 1.73. The number of carbonyl (C=O) groups excluding carboxylic acids is 2. The number of piperidine rings is 1. The Hall–Kier alpha value is -3.96. The van der Waals surface area contributed by atoms with Crippen molar-refractivity contribution in [1.29, 1.82) is 0 Å². The van der Waals surface area contributed by atoms with E-state index in [0.29, 0.717) is 35.4 Å². The van der Waals surface area contributed by atoms with E-state index < -0.39 is 18.6 Å². The second kappa shape index (κ2) is 9.12. The summed E-state index contributed by atoms with van der Waals surface area (Å²) in [6.45, 7) is 3.13. The number of hydrogen-bond acceptors (Lipinski definition) is 6. The van der Waals surface area contributed by atoms with Crippen LogP contribution in [0.25, 0.3) is 22.3 Å². The molecule has 0 aliphatic carbocycles. The van der Waals surface area contributed by atoms with Gasteiger partial charge in [-0.05, 0) is 31.1 Å². The van der Waals surface area contributed by atoms with E-state index in [1.54, 1.807) is 21.7 Å². The van der Waals surface area contributed by atoms with Gasteiger partial charge in [-0.1, -0.05) is 18.7 Å². The zero-order valence-electron chi connectivity index (χ0n) is 18.0. The van der Waals surface area contributed by atoms with Crippen LogP contribution in [-0.2, 0) is 4.79 Å². The third-order valence-electron chi connectivity index (χ3n) is 5.59. The molecule has 0 saturated carbocycles. The van der Waals surface area contributed by atoms with E-state index in [1.807, 2.05) is 5.32 Å². The fourth-order valence-electron chi connectivity index (χ4n) is 4.03. The number of hydrogen-bond donors (Lipinski definition) is 2. The van der Waals surface area contributed by atoms with Crippen molar-refractivity contribution in [3.63, 3.8) is 0 Å². The number of amides is 2. The molecule has 1 atom stereocenters. The predicted octanol–water partition coefficient (Wildman–Crippen LogP) is 2.72. The van der Waals surface area contributed by atoms with E-state index in [4.69, 9.17) is 10.8 Å². The van der Waals surface area contributed by atoms with Crippen LogP contribution < -0.4 is 11.1 Å². The summed E-state index contributed by atoms with van der Waals surface area (Å²) in [5, 5.41) is 7.03. The Labute approximate surface area is 192 Å². The number of aromatic nitrogens is 4. The monoisotopic (exact) mass is 473 g/mol. The lowest BCUT2D eigenvalue weighted by atomic mass is 10.1. The van der Waals surface area contributed by atoms with E-state index in [9.17, 15) is 22.8 Å². The predicted molar refractivity (Wildman–Crippen MR) is 119 cm³/mol. The molecule has 1 saturated heterocycles. The second-order valence-corrected chi connectivity index (χ2v) is 7.91. The number of alkyl halides is 3. The van der Waals surface area contributed by atoms with Crippen molar-refractivity contribution >= 4 is 28.7 Å². The Bertz CT molecular complexity index is 1260. The maximum atomic E-state index is 12.5. The molecule has 0 bridgehead atoms. The molecule has 4 rings (SSSR count). The number of likely N-dealkylation sites (tertiary alicyclic amines) is 1. The summed E-state index contributed by atoms with van der Waals surface area (Å²) in [4.78, 5) is 34.5. The van der Waals surface area contributed by atoms with Gasteiger partial charge >= 0.3 is 6.18 Å². The van der Waals surface area contributed by atoms with E-state index in [0.717, 1.165) is 12.8 Å². The van der Waals surface area contributed by atoms with Crippen LogP contribution in [0.2, 0.25) is 0 Å². The first kappa shape index (κ1) is 23.2. The van der Waals surface area contributed by atoms with Gasteiger partial charge in [0, 0.05) is 24.2 Å². The molecule has 3 N–H and O–H groups in total. The zero-order chi connectivity index (χ0) is 24.5. The number of nitrogen functional groups attached to an aromatic ring is 1. The zero-order valence-corrected chi connectivity index (χ0v) is 18.0. The summed E-state index contributed by atoms with van der Waals surface area (Å²) < 4.78 is 39.2. The highest BCUT2D eigenvalue weighted by Crippen LogP contribution is 2.34. The van der Waals surface area contributed by atoms with Crippen LogP contribution in [0.15, 0.2) is 43.2 Å². The molecule has 1 fully saturated rings. The number of benzene rings is 1. The summed E-state index contributed by atoms with van der Waals surface area (Å²) in [7, 11) is 0. The van der Waals surface area contributed by atoms with Gasteiger partial charge in [-0.15, -0.1) is 0 Å². The molecular formula is C22H22F3N7O2. The first-order valence-corrected chi connectivity index (χ1v) is 10.5. The molecular weight excluding hydrogens is 451 g/mol. The molecule has 3 heterocycles. The molecule has 2 aromatic heterocycles. The molecule has 0 unspecified atom stereocenters. The van der Waals surface area contributed by atoms with Crippen LogP contribution in [0.5, 0.6) is 0 Å². The quantitative estimate of drug-likeness (QED) is 0.550. The van der Waals surface area contributed by atoms with Crippen LogP contribution >= 0.6 is 0 Å². The largest absolute Gasteiger partial charge is 0.405 e. The maximum absolute atomic E-state index is 12.5. The fraction of sp³-hybridized carbons (Fsp3) is 0.318. The van der Waals surface area contributed by atoms with Crippen molar-refractivity contribution in [1.82, 2.24) is 30.0 Å². The Morgan fingerprint density at radius 3 is 2.82 bits per heavy atom. The van der Waals surface area contributed by atoms with E-state index >= 15 is 0 Å². The summed E-state index contributed by atoms with van der Waals surface area (Å²) in [5.74, 6) is -0.862. The number of nitrogens with one attached hydrogen (secondary N) is 1. The summed E-state index contributed by atoms with van der Waals surface area (Å²) in [6.07, 6.45) is -0.424. The van der Waals surface area contributed by atoms with Gasteiger partial charge in [0.15, 0.2) is 5.65 Å². The highest BCUT2D eigenvalue weighted by atomic mass is 19.4. The van der Waals surface area contributed by atoms with Gasteiger partial charge in [-0.3, -0.25) is 9.59 Å². The van der Waals surface area contributed by atoms with Crippen LogP contribution in [0.4, 0.5) is 19.0 Å². The van der Waals surface area contributed by atoms with Gasteiger partial charge in [-0.2, -0.15) is 18.3 Å². The van der Waals surface area contributed by atoms with Gasteiger partial charge in [-0.25, -0.2) is 14.6 Å². The van der Waals surface area contributed by atoms with E-state index in [2.05, 4.69) is 16.5 Å². The topological polar surface area (TPSA) is 119 Å². The number of nitrogens with zero attached hydrogens (tertiary/aromatic N) is 5.